The third-order valence-corrected chi connectivity index (χ3v) is 3.43. The maximum Gasteiger partial charge on any atom is 0.0270 e. The van der Waals surface area contributed by atoms with Crippen molar-refractivity contribution in [1.82, 2.24) is 9.80 Å². The maximum atomic E-state index is 5.16. The summed E-state index contributed by atoms with van der Waals surface area (Å²) in [5.74, 6) is 0. The zero-order chi connectivity index (χ0) is 11.5. The van der Waals surface area contributed by atoms with E-state index in [1.807, 2.05) is 6.08 Å². The summed E-state index contributed by atoms with van der Waals surface area (Å²) in [5, 5.41) is 0. The van der Waals surface area contributed by atoms with E-state index in [0.29, 0.717) is 0 Å². The van der Waals surface area contributed by atoms with Crippen LogP contribution in [0.2, 0.25) is 0 Å². The second-order valence-corrected chi connectivity index (χ2v) is 4.96. The number of hydrogen-bond acceptors (Lipinski definition) is 3. The maximum absolute atomic E-state index is 5.16. The predicted molar refractivity (Wildman–Crippen MR) is 72.1 cm³/mol. The van der Waals surface area contributed by atoms with Crippen molar-refractivity contribution in [1.29, 1.82) is 0 Å². The highest BCUT2D eigenvalue weighted by molar-refractivity contribution is 7.80. The molecule has 0 radical (unpaired) electrons. The Labute approximate surface area is 103 Å². The highest BCUT2D eigenvalue weighted by atomic mass is 32.1. The van der Waals surface area contributed by atoms with Crippen LogP contribution in [0.15, 0.2) is 35.8 Å². The Kier molecular flexibility index (Phi) is 3.44. The Balaban J connectivity index is 2.07. The molecule has 1 aliphatic heterocycles. The zero-order valence-corrected chi connectivity index (χ0v) is 10.8. The summed E-state index contributed by atoms with van der Waals surface area (Å²) in [6.45, 7) is 1.03. The lowest BCUT2D eigenvalue weighted by molar-refractivity contribution is 0.426. The molecule has 0 aromatic carbocycles. The van der Waals surface area contributed by atoms with Crippen molar-refractivity contribution < 1.29 is 0 Å². The number of nitrogens with zero attached hydrogens (tertiary/aromatic N) is 2. The van der Waals surface area contributed by atoms with Gasteiger partial charge in [-0.05, 0) is 31.1 Å². The van der Waals surface area contributed by atoms with Gasteiger partial charge in [-0.1, -0.05) is 12.2 Å². The topological polar surface area (TPSA) is 6.48 Å². The summed E-state index contributed by atoms with van der Waals surface area (Å²) >= 11 is 5.16. The van der Waals surface area contributed by atoms with Gasteiger partial charge in [0.2, 0.25) is 0 Å². The van der Waals surface area contributed by atoms with Crippen LogP contribution >= 0.6 is 12.2 Å². The van der Waals surface area contributed by atoms with E-state index >= 15 is 0 Å². The first-order valence-corrected chi connectivity index (χ1v) is 6.12. The molecule has 16 heavy (non-hydrogen) atoms. The van der Waals surface area contributed by atoms with Gasteiger partial charge < -0.3 is 9.80 Å². The Bertz CT molecular complexity index is 377. The van der Waals surface area contributed by atoms with Crippen molar-refractivity contribution in [3.05, 3.63) is 35.8 Å². The minimum atomic E-state index is 1.01. The molecule has 0 amide bonds. The third kappa shape index (κ3) is 2.53. The van der Waals surface area contributed by atoms with Crippen LogP contribution < -0.4 is 0 Å². The quantitative estimate of drug-likeness (QED) is 0.678. The Morgan fingerprint density at radius 2 is 2.00 bits per heavy atom. The molecule has 1 heterocycles. The van der Waals surface area contributed by atoms with Crippen LogP contribution in [0.3, 0.4) is 0 Å². The molecule has 0 saturated heterocycles. The summed E-state index contributed by atoms with van der Waals surface area (Å²) in [7, 11) is 4.20. The Hall–Kier alpha value is -1.09. The van der Waals surface area contributed by atoms with Gasteiger partial charge in [0, 0.05) is 49.5 Å². The summed E-state index contributed by atoms with van der Waals surface area (Å²) in [6.07, 6.45) is 11.9. The standard InChI is InChI=1S/C13H18N2S/c1-14(2)11-3-5-12(6-4-11)15-9-7-13(16)8-10-15/h3,5,7,9H,4,6,8,10H2,1-2H3. The van der Waals surface area contributed by atoms with Crippen molar-refractivity contribution in [3.63, 3.8) is 0 Å². The average molecular weight is 234 g/mol. The normalized spacial score (nSPS) is 20.6. The minimum absolute atomic E-state index is 1.01. The van der Waals surface area contributed by atoms with Crippen molar-refractivity contribution in [2.75, 3.05) is 20.6 Å². The molecule has 0 N–H and O–H groups in total. The molecule has 3 heteroatoms. The number of rotatable bonds is 2. The van der Waals surface area contributed by atoms with Crippen LogP contribution in [0, 0.1) is 0 Å². The van der Waals surface area contributed by atoms with Gasteiger partial charge in [-0.3, -0.25) is 0 Å². The molecule has 86 valence electrons. The summed E-state index contributed by atoms with van der Waals surface area (Å²) in [5.41, 5.74) is 2.81. The summed E-state index contributed by atoms with van der Waals surface area (Å²) < 4.78 is 0. The molecular formula is C13H18N2S. The average Bonchev–Trinajstić information content (AvgIpc) is 2.30. The highest BCUT2D eigenvalue weighted by Gasteiger charge is 2.14. The Morgan fingerprint density at radius 1 is 1.19 bits per heavy atom. The van der Waals surface area contributed by atoms with Gasteiger partial charge in [-0.2, -0.15) is 0 Å². The van der Waals surface area contributed by atoms with Crippen LogP contribution in [-0.2, 0) is 0 Å². The molecule has 2 nitrogen and oxygen atoms in total. The van der Waals surface area contributed by atoms with Gasteiger partial charge in [0.1, 0.15) is 0 Å². The van der Waals surface area contributed by atoms with E-state index < -0.39 is 0 Å². The lowest BCUT2D eigenvalue weighted by Gasteiger charge is -2.29. The smallest absolute Gasteiger partial charge is 0.0270 e. The van der Waals surface area contributed by atoms with Gasteiger partial charge in [-0.15, -0.1) is 0 Å². The molecule has 0 spiro atoms. The number of allylic oxidation sites excluding steroid dienone is 5. The second kappa shape index (κ2) is 4.83. The van der Waals surface area contributed by atoms with Crippen LogP contribution in [-0.4, -0.2) is 35.3 Å². The fourth-order valence-corrected chi connectivity index (χ4v) is 2.18. The van der Waals surface area contributed by atoms with E-state index in [1.165, 1.54) is 11.4 Å². The van der Waals surface area contributed by atoms with Crippen molar-refractivity contribution in [3.8, 4) is 0 Å². The molecule has 0 aromatic heterocycles. The third-order valence-electron chi connectivity index (χ3n) is 3.09. The van der Waals surface area contributed by atoms with Crippen molar-refractivity contribution >= 4 is 17.1 Å². The van der Waals surface area contributed by atoms with Crippen LogP contribution in [0.1, 0.15) is 19.3 Å². The van der Waals surface area contributed by atoms with E-state index in [0.717, 1.165) is 30.7 Å². The largest absolute Gasteiger partial charge is 0.381 e. The van der Waals surface area contributed by atoms with Gasteiger partial charge in [0.05, 0.1) is 0 Å². The molecule has 2 aliphatic rings. The SMILES string of the molecule is CN(C)C1=CC=C(N2C=CC(=S)CC2)CC1. The van der Waals surface area contributed by atoms with Gasteiger partial charge in [-0.25, -0.2) is 0 Å². The lowest BCUT2D eigenvalue weighted by Crippen LogP contribution is -2.25. The molecule has 0 fully saturated rings. The zero-order valence-electron chi connectivity index (χ0n) is 9.94. The first-order valence-electron chi connectivity index (χ1n) is 5.71. The van der Waals surface area contributed by atoms with Crippen LogP contribution in [0.5, 0.6) is 0 Å². The van der Waals surface area contributed by atoms with Gasteiger partial charge >= 0.3 is 0 Å². The van der Waals surface area contributed by atoms with E-state index in [-0.39, 0.29) is 0 Å². The minimum Gasteiger partial charge on any atom is -0.381 e. The summed E-state index contributed by atoms with van der Waals surface area (Å²) in [6, 6.07) is 0. The molecular weight excluding hydrogens is 216 g/mol. The molecule has 0 unspecified atom stereocenters. The van der Waals surface area contributed by atoms with E-state index in [4.69, 9.17) is 12.2 Å². The predicted octanol–water partition coefficient (Wildman–Crippen LogP) is 2.70. The first-order chi connectivity index (χ1) is 7.66. The van der Waals surface area contributed by atoms with Crippen molar-refractivity contribution in [2.24, 2.45) is 0 Å². The number of hydrogen-bond donors (Lipinski definition) is 0. The van der Waals surface area contributed by atoms with E-state index in [1.54, 1.807) is 0 Å². The highest BCUT2D eigenvalue weighted by Crippen LogP contribution is 2.24. The molecule has 0 atom stereocenters. The number of thiocarbonyl (C=S) groups is 1. The van der Waals surface area contributed by atoms with E-state index in [2.05, 4.69) is 42.2 Å². The van der Waals surface area contributed by atoms with Crippen molar-refractivity contribution in [2.45, 2.75) is 19.3 Å². The first kappa shape index (κ1) is 11.4. The monoisotopic (exact) mass is 234 g/mol. The van der Waals surface area contributed by atoms with Crippen LogP contribution in [0.25, 0.3) is 0 Å². The van der Waals surface area contributed by atoms with Gasteiger partial charge in [0.15, 0.2) is 0 Å². The molecule has 1 aliphatic carbocycles. The fourth-order valence-electron chi connectivity index (χ4n) is 2.03. The molecule has 0 bridgehead atoms. The fraction of sp³-hybridized carbons (Fsp3) is 0.462. The lowest BCUT2D eigenvalue weighted by atomic mass is 10.1. The van der Waals surface area contributed by atoms with E-state index in [9.17, 15) is 0 Å². The molecule has 2 rings (SSSR count). The Morgan fingerprint density at radius 3 is 2.50 bits per heavy atom. The van der Waals surface area contributed by atoms with Crippen LogP contribution in [0.4, 0.5) is 0 Å². The molecule has 0 aromatic rings. The second-order valence-electron chi connectivity index (χ2n) is 4.44. The summed E-state index contributed by atoms with van der Waals surface area (Å²) in [4.78, 5) is 5.57. The molecule has 0 saturated carbocycles. The van der Waals surface area contributed by atoms with Gasteiger partial charge in [0.25, 0.3) is 0 Å².